The first kappa shape index (κ1) is 14.2. The molecule has 2 unspecified atom stereocenters. The van der Waals surface area contributed by atoms with Crippen molar-refractivity contribution in [3.63, 3.8) is 0 Å². The molecule has 0 aliphatic carbocycles. The van der Waals surface area contributed by atoms with Crippen molar-refractivity contribution in [2.75, 3.05) is 31.1 Å². The molecule has 0 radical (unpaired) electrons. The second-order valence-corrected chi connectivity index (χ2v) is 6.90. The molecule has 0 aromatic rings. The van der Waals surface area contributed by atoms with Crippen LogP contribution in [0.2, 0.25) is 0 Å². The topological polar surface area (TPSA) is 41.1 Å². The number of nitrogens with one attached hydrogen (secondary N) is 2. The Morgan fingerprint density at radius 2 is 2.44 bits per heavy atom. The zero-order chi connectivity index (χ0) is 12.8. The van der Waals surface area contributed by atoms with Crippen molar-refractivity contribution < 1.29 is 4.79 Å². The van der Waals surface area contributed by atoms with Crippen molar-refractivity contribution in [2.24, 2.45) is 11.3 Å². The summed E-state index contributed by atoms with van der Waals surface area (Å²) >= 11 is 2.02. The summed E-state index contributed by atoms with van der Waals surface area (Å²) in [6, 6.07) is 0. The molecular formula is C14H26N2OS. The predicted octanol–water partition coefficient (Wildman–Crippen LogP) is 2.03. The van der Waals surface area contributed by atoms with Gasteiger partial charge in [-0.2, -0.15) is 11.8 Å². The highest BCUT2D eigenvalue weighted by Gasteiger charge is 2.38. The average Bonchev–Trinajstić information content (AvgIpc) is 2.90. The van der Waals surface area contributed by atoms with Crippen LogP contribution in [-0.4, -0.2) is 37.0 Å². The summed E-state index contributed by atoms with van der Waals surface area (Å²) < 4.78 is 0. The minimum Gasteiger partial charge on any atom is -0.355 e. The summed E-state index contributed by atoms with van der Waals surface area (Å²) in [6.07, 6.45) is 5.56. The van der Waals surface area contributed by atoms with Crippen molar-refractivity contribution in [3.05, 3.63) is 0 Å². The molecule has 0 saturated carbocycles. The fraction of sp³-hybridized carbons (Fsp3) is 0.929. The average molecular weight is 270 g/mol. The van der Waals surface area contributed by atoms with Gasteiger partial charge in [0.15, 0.2) is 0 Å². The van der Waals surface area contributed by atoms with Crippen LogP contribution in [-0.2, 0) is 4.79 Å². The van der Waals surface area contributed by atoms with Gasteiger partial charge in [-0.05, 0) is 49.7 Å². The van der Waals surface area contributed by atoms with Gasteiger partial charge in [-0.1, -0.05) is 13.3 Å². The van der Waals surface area contributed by atoms with Crippen LogP contribution >= 0.6 is 11.8 Å². The number of amides is 1. The number of thioether (sulfide) groups is 1. The molecule has 0 aromatic heterocycles. The minimum atomic E-state index is -0.126. The van der Waals surface area contributed by atoms with Gasteiger partial charge in [0.05, 0.1) is 5.41 Å². The molecule has 2 saturated heterocycles. The van der Waals surface area contributed by atoms with E-state index in [0.717, 1.165) is 45.3 Å². The van der Waals surface area contributed by atoms with Crippen molar-refractivity contribution >= 4 is 17.7 Å². The molecule has 3 nitrogen and oxygen atoms in total. The number of rotatable bonds is 5. The zero-order valence-electron chi connectivity index (χ0n) is 11.5. The first-order chi connectivity index (χ1) is 8.77. The van der Waals surface area contributed by atoms with Gasteiger partial charge in [0, 0.05) is 13.1 Å². The number of carbonyl (C=O) groups is 1. The standard InChI is InChI=1S/C14H26N2OS/c1-2-5-14(6-3-7-15-11-14)13(17)16-9-12-4-8-18-10-12/h12,15H,2-11H2,1H3,(H,16,17). The third-order valence-corrected chi connectivity index (χ3v) is 5.49. The van der Waals surface area contributed by atoms with E-state index in [0.29, 0.717) is 11.8 Å². The first-order valence-corrected chi connectivity index (χ1v) is 8.49. The third kappa shape index (κ3) is 3.41. The summed E-state index contributed by atoms with van der Waals surface area (Å²) in [5.74, 6) is 3.49. The maximum Gasteiger partial charge on any atom is 0.227 e. The van der Waals surface area contributed by atoms with Crippen LogP contribution in [0, 0.1) is 11.3 Å². The molecule has 1 amide bonds. The van der Waals surface area contributed by atoms with E-state index < -0.39 is 0 Å². The molecule has 4 heteroatoms. The van der Waals surface area contributed by atoms with Gasteiger partial charge in [0.1, 0.15) is 0 Å². The summed E-state index contributed by atoms with van der Waals surface area (Å²) in [5, 5.41) is 6.63. The van der Waals surface area contributed by atoms with Gasteiger partial charge < -0.3 is 10.6 Å². The van der Waals surface area contributed by atoms with Crippen molar-refractivity contribution in [1.82, 2.24) is 10.6 Å². The van der Waals surface area contributed by atoms with E-state index in [-0.39, 0.29) is 5.41 Å². The van der Waals surface area contributed by atoms with Crippen molar-refractivity contribution in [3.8, 4) is 0 Å². The van der Waals surface area contributed by atoms with Crippen LogP contribution in [0.5, 0.6) is 0 Å². The molecule has 2 heterocycles. The minimum absolute atomic E-state index is 0.126. The Kier molecular flexibility index (Phi) is 5.37. The van der Waals surface area contributed by atoms with Gasteiger partial charge in [-0.15, -0.1) is 0 Å². The second-order valence-electron chi connectivity index (χ2n) is 5.75. The summed E-state index contributed by atoms with van der Waals surface area (Å²) in [7, 11) is 0. The largest absolute Gasteiger partial charge is 0.355 e. The SMILES string of the molecule is CCCC1(C(=O)NCC2CCSC2)CCCNC1. The van der Waals surface area contributed by atoms with E-state index in [9.17, 15) is 4.79 Å². The van der Waals surface area contributed by atoms with Crippen molar-refractivity contribution in [2.45, 2.75) is 39.0 Å². The second kappa shape index (κ2) is 6.80. The Morgan fingerprint density at radius 3 is 3.06 bits per heavy atom. The van der Waals surface area contributed by atoms with E-state index in [1.165, 1.54) is 17.9 Å². The Labute approximate surface area is 115 Å². The summed E-state index contributed by atoms with van der Waals surface area (Å²) in [5.41, 5.74) is -0.126. The van der Waals surface area contributed by atoms with E-state index in [1.807, 2.05) is 11.8 Å². The van der Waals surface area contributed by atoms with Gasteiger partial charge in [0.25, 0.3) is 0 Å². The Morgan fingerprint density at radius 1 is 1.56 bits per heavy atom. The highest BCUT2D eigenvalue weighted by Crippen LogP contribution is 2.32. The van der Waals surface area contributed by atoms with E-state index >= 15 is 0 Å². The molecule has 18 heavy (non-hydrogen) atoms. The highest BCUT2D eigenvalue weighted by atomic mass is 32.2. The number of piperidine rings is 1. The molecule has 2 rings (SSSR count). The molecule has 2 fully saturated rings. The molecule has 2 aliphatic heterocycles. The van der Waals surface area contributed by atoms with E-state index in [2.05, 4.69) is 17.6 Å². The van der Waals surface area contributed by atoms with Gasteiger partial charge >= 0.3 is 0 Å². The lowest BCUT2D eigenvalue weighted by Gasteiger charge is -2.36. The Balaban J connectivity index is 1.86. The fourth-order valence-corrected chi connectivity index (χ4v) is 4.42. The molecule has 0 aromatic carbocycles. The summed E-state index contributed by atoms with van der Waals surface area (Å²) in [6.45, 7) is 5.00. The van der Waals surface area contributed by atoms with Crippen LogP contribution in [0.3, 0.4) is 0 Å². The van der Waals surface area contributed by atoms with Gasteiger partial charge in [0.2, 0.25) is 5.91 Å². The van der Waals surface area contributed by atoms with Crippen molar-refractivity contribution in [1.29, 1.82) is 0 Å². The van der Waals surface area contributed by atoms with E-state index in [1.54, 1.807) is 0 Å². The number of hydrogen-bond donors (Lipinski definition) is 2. The van der Waals surface area contributed by atoms with Crippen LogP contribution in [0.15, 0.2) is 0 Å². The fourth-order valence-electron chi connectivity index (χ4n) is 3.14. The Bertz CT molecular complexity index is 265. The van der Waals surface area contributed by atoms with Crippen LogP contribution < -0.4 is 10.6 Å². The maximum absolute atomic E-state index is 12.5. The maximum atomic E-state index is 12.5. The van der Waals surface area contributed by atoms with Crippen LogP contribution in [0.25, 0.3) is 0 Å². The monoisotopic (exact) mass is 270 g/mol. The molecule has 2 N–H and O–H groups in total. The van der Waals surface area contributed by atoms with Crippen LogP contribution in [0.1, 0.15) is 39.0 Å². The smallest absolute Gasteiger partial charge is 0.227 e. The molecular weight excluding hydrogens is 244 g/mol. The lowest BCUT2D eigenvalue weighted by atomic mass is 9.76. The van der Waals surface area contributed by atoms with Gasteiger partial charge in [-0.25, -0.2) is 0 Å². The molecule has 2 atom stereocenters. The lowest BCUT2D eigenvalue weighted by Crippen LogP contribution is -2.51. The quantitative estimate of drug-likeness (QED) is 0.803. The predicted molar refractivity (Wildman–Crippen MR) is 77.9 cm³/mol. The Hall–Kier alpha value is -0.220. The lowest BCUT2D eigenvalue weighted by molar-refractivity contribution is -0.132. The molecule has 0 bridgehead atoms. The van der Waals surface area contributed by atoms with Gasteiger partial charge in [-0.3, -0.25) is 4.79 Å². The number of hydrogen-bond acceptors (Lipinski definition) is 3. The third-order valence-electron chi connectivity index (χ3n) is 4.26. The summed E-state index contributed by atoms with van der Waals surface area (Å²) in [4.78, 5) is 12.5. The zero-order valence-corrected chi connectivity index (χ0v) is 12.3. The molecule has 104 valence electrons. The van der Waals surface area contributed by atoms with Crippen LogP contribution in [0.4, 0.5) is 0 Å². The van der Waals surface area contributed by atoms with E-state index in [4.69, 9.17) is 0 Å². The number of carbonyl (C=O) groups excluding carboxylic acids is 1. The first-order valence-electron chi connectivity index (χ1n) is 7.33. The molecule has 2 aliphatic rings. The normalized spacial score (nSPS) is 32.4. The highest BCUT2D eigenvalue weighted by molar-refractivity contribution is 7.99. The molecule has 0 spiro atoms.